The van der Waals surface area contributed by atoms with Gasteiger partial charge in [0.05, 0.1) is 11.3 Å². The van der Waals surface area contributed by atoms with Crippen LogP contribution in [0.1, 0.15) is 30.9 Å². The molecule has 0 aliphatic carbocycles. The predicted octanol–water partition coefficient (Wildman–Crippen LogP) is 2.90. The molecule has 0 saturated heterocycles. The quantitative estimate of drug-likeness (QED) is 0.844. The van der Waals surface area contributed by atoms with Gasteiger partial charge in [0.2, 0.25) is 5.91 Å². The minimum Gasteiger partial charge on any atom is -0.359 e. The standard InChI is InChI=1S/C18H22N2O3S/c1-13(2)15-6-10-17(11-7-15)24(22,23)20-16-8-4-14(5-9-16)12-18(21)19-3/h4-11,13,20H,12H2,1-3H3,(H,19,21). The number of carbonyl (C=O) groups is 1. The summed E-state index contributed by atoms with van der Waals surface area (Å²) in [5.74, 6) is 0.260. The van der Waals surface area contributed by atoms with Crippen LogP contribution < -0.4 is 10.0 Å². The minimum atomic E-state index is -3.63. The lowest BCUT2D eigenvalue weighted by molar-refractivity contribution is -0.119. The Kier molecular flexibility index (Phi) is 5.62. The van der Waals surface area contributed by atoms with Crippen molar-refractivity contribution in [3.63, 3.8) is 0 Å². The van der Waals surface area contributed by atoms with Crippen LogP contribution in [-0.4, -0.2) is 21.4 Å². The van der Waals surface area contributed by atoms with Crippen LogP contribution in [0.4, 0.5) is 5.69 Å². The summed E-state index contributed by atoms with van der Waals surface area (Å²) >= 11 is 0. The van der Waals surface area contributed by atoms with Gasteiger partial charge in [-0.05, 0) is 41.3 Å². The summed E-state index contributed by atoms with van der Waals surface area (Å²) in [5.41, 5.74) is 2.37. The number of nitrogens with one attached hydrogen (secondary N) is 2. The molecule has 1 amide bonds. The fourth-order valence-electron chi connectivity index (χ4n) is 2.21. The molecule has 0 aliphatic heterocycles. The summed E-state index contributed by atoms with van der Waals surface area (Å²) < 4.78 is 27.4. The molecule has 0 aromatic heterocycles. The van der Waals surface area contributed by atoms with Gasteiger partial charge < -0.3 is 5.32 Å². The number of benzene rings is 2. The average molecular weight is 346 g/mol. The SMILES string of the molecule is CNC(=O)Cc1ccc(NS(=O)(=O)c2ccc(C(C)C)cc2)cc1. The van der Waals surface area contributed by atoms with Gasteiger partial charge in [0.15, 0.2) is 0 Å². The molecule has 0 heterocycles. The molecule has 0 atom stereocenters. The second-order valence-electron chi connectivity index (χ2n) is 5.88. The maximum absolute atomic E-state index is 12.4. The van der Waals surface area contributed by atoms with Crippen molar-refractivity contribution >= 4 is 21.6 Å². The molecule has 2 rings (SSSR count). The lowest BCUT2D eigenvalue weighted by atomic mass is 10.0. The van der Waals surface area contributed by atoms with Gasteiger partial charge in [0.25, 0.3) is 10.0 Å². The molecule has 128 valence electrons. The summed E-state index contributed by atoms with van der Waals surface area (Å²) in [5, 5.41) is 2.55. The van der Waals surface area contributed by atoms with Gasteiger partial charge in [-0.15, -0.1) is 0 Å². The molecule has 0 fully saturated rings. The Morgan fingerprint density at radius 3 is 2.08 bits per heavy atom. The molecule has 0 aliphatic rings. The van der Waals surface area contributed by atoms with E-state index in [2.05, 4.69) is 23.9 Å². The van der Waals surface area contributed by atoms with Crippen molar-refractivity contribution in [2.75, 3.05) is 11.8 Å². The number of likely N-dealkylation sites (N-methyl/N-ethyl adjacent to an activating group) is 1. The minimum absolute atomic E-state index is 0.0893. The van der Waals surface area contributed by atoms with Crippen LogP contribution in [0, 0.1) is 0 Å². The highest BCUT2D eigenvalue weighted by Gasteiger charge is 2.14. The number of hydrogen-bond acceptors (Lipinski definition) is 3. The van der Waals surface area contributed by atoms with Gasteiger partial charge in [-0.1, -0.05) is 38.1 Å². The van der Waals surface area contributed by atoms with Crippen molar-refractivity contribution in [3.05, 3.63) is 59.7 Å². The van der Waals surface area contributed by atoms with Crippen LogP contribution in [-0.2, 0) is 21.2 Å². The van der Waals surface area contributed by atoms with Crippen LogP contribution in [0.25, 0.3) is 0 Å². The third kappa shape index (κ3) is 4.58. The van der Waals surface area contributed by atoms with Gasteiger partial charge in [-0.25, -0.2) is 8.42 Å². The molecule has 2 aromatic carbocycles. The fraction of sp³-hybridized carbons (Fsp3) is 0.278. The topological polar surface area (TPSA) is 75.3 Å². The van der Waals surface area contributed by atoms with Crippen LogP contribution in [0.2, 0.25) is 0 Å². The molecule has 5 nitrogen and oxygen atoms in total. The zero-order valence-electron chi connectivity index (χ0n) is 14.0. The van der Waals surface area contributed by atoms with Crippen LogP contribution in [0.3, 0.4) is 0 Å². The highest BCUT2D eigenvalue weighted by atomic mass is 32.2. The van der Waals surface area contributed by atoms with E-state index in [0.29, 0.717) is 11.6 Å². The molecule has 2 N–H and O–H groups in total. The third-order valence-corrected chi connectivity index (χ3v) is 5.10. The van der Waals surface area contributed by atoms with Crippen molar-refractivity contribution in [1.29, 1.82) is 0 Å². The Hall–Kier alpha value is -2.34. The second kappa shape index (κ2) is 7.49. The fourth-order valence-corrected chi connectivity index (χ4v) is 3.27. The zero-order valence-corrected chi connectivity index (χ0v) is 14.9. The summed E-state index contributed by atoms with van der Waals surface area (Å²) in [6.07, 6.45) is 0.264. The maximum atomic E-state index is 12.4. The van der Waals surface area contributed by atoms with Crippen LogP contribution in [0.15, 0.2) is 53.4 Å². The Labute approximate surface area is 143 Å². The van der Waals surface area contributed by atoms with Crippen molar-refractivity contribution < 1.29 is 13.2 Å². The second-order valence-corrected chi connectivity index (χ2v) is 7.56. The largest absolute Gasteiger partial charge is 0.359 e. The van der Waals surface area contributed by atoms with Gasteiger partial charge in [-0.3, -0.25) is 9.52 Å². The Morgan fingerprint density at radius 1 is 1.00 bits per heavy atom. The van der Waals surface area contributed by atoms with E-state index in [1.165, 1.54) is 0 Å². The maximum Gasteiger partial charge on any atom is 0.261 e. The average Bonchev–Trinajstić information content (AvgIpc) is 2.56. The van der Waals surface area contributed by atoms with E-state index in [0.717, 1.165) is 11.1 Å². The highest BCUT2D eigenvalue weighted by Crippen LogP contribution is 2.20. The number of amides is 1. The summed E-state index contributed by atoms with van der Waals surface area (Å²) in [6.45, 7) is 4.12. The molecular weight excluding hydrogens is 324 g/mol. The highest BCUT2D eigenvalue weighted by molar-refractivity contribution is 7.92. The summed E-state index contributed by atoms with van der Waals surface area (Å²) in [7, 11) is -2.05. The van der Waals surface area contributed by atoms with Crippen LogP contribution >= 0.6 is 0 Å². The number of carbonyl (C=O) groups excluding carboxylic acids is 1. The lowest BCUT2D eigenvalue weighted by Crippen LogP contribution is -2.19. The Morgan fingerprint density at radius 2 is 1.58 bits per heavy atom. The van der Waals surface area contributed by atoms with E-state index in [1.807, 2.05) is 12.1 Å². The first-order chi connectivity index (χ1) is 11.3. The molecule has 0 unspecified atom stereocenters. The van der Waals surface area contributed by atoms with Crippen molar-refractivity contribution in [2.45, 2.75) is 31.1 Å². The third-order valence-electron chi connectivity index (χ3n) is 3.71. The van der Waals surface area contributed by atoms with Gasteiger partial charge in [0.1, 0.15) is 0 Å². The monoisotopic (exact) mass is 346 g/mol. The van der Waals surface area contributed by atoms with E-state index < -0.39 is 10.0 Å². The molecule has 0 bridgehead atoms. The van der Waals surface area contributed by atoms with E-state index in [1.54, 1.807) is 43.4 Å². The van der Waals surface area contributed by atoms with Gasteiger partial charge in [0, 0.05) is 12.7 Å². The van der Waals surface area contributed by atoms with E-state index >= 15 is 0 Å². The molecule has 24 heavy (non-hydrogen) atoms. The first-order valence-electron chi connectivity index (χ1n) is 7.74. The molecule has 0 saturated carbocycles. The molecule has 0 radical (unpaired) electrons. The molecular formula is C18H22N2O3S. The normalized spacial score (nSPS) is 11.3. The van der Waals surface area contributed by atoms with E-state index in [4.69, 9.17) is 0 Å². The Bertz CT molecular complexity index is 795. The smallest absolute Gasteiger partial charge is 0.261 e. The first-order valence-corrected chi connectivity index (χ1v) is 9.22. The number of anilines is 1. The van der Waals surface area contributed by atoms with E-state index in [-0.39, 0.29) is 17.2 Å². The van der Waals surface area contributed by atoms with Crippen molar-refractivity contribution in [1.82, 2.24) is 5.32 Å². The number of rotatable bonds is 6. The first kappa shape index (κ1) is 18.0. The number of sulfonamides is 1. The molecule has 6 heteroatoms. The summed E-state index contributed by atoms with van der Waals surface area (Å²) in [4.78, 5) is 11.6. The van der Waals surface area contributed by atoms with E-state index in [9.17, 15) is 13.2 Å². The van der Waals surface area contributed by atoms with Crippen LogP contribution in [0.5, 0.6) is 0 Å². The number of hydrogen-bond donors (Lipinski definition) is 2. The lowest BCUT2D eigenvalue weighted by Gasteiger charge is -2.10. The molecule has 2 aromatic rings. The summed E-state index contributed by atoms with van der Waals surface area (Å²) in [6, 6.07) is 13.6. The van der Waals surface area contributed by atoms with Crippen molar-refractivity contribution in [3.8, 4) is 0 Å². The van der Waals surface area contributed by atoms with Gasteiger partial charge >= 0.3 is 0 Å². The zero-order chi connectivity index (χ0) is 17.7. The molecule has 0 spiro atoms. The Balaban J connectivity index is 2.12. The predicted molar refractivity (Wildman–Crippen MR) is 95.6 cm³/mol. The van der Waals surface area contributed by atoms with Crippen molar-refractivity contribution in [2.24, 2.45) is 0 Å². The van der Waals surface area contributed by atoms with Gasteiger partial charge in [-0.2, -0.15) is 0 Å².